The Labute approximate surface area is 436 Å². The number of nitrogens with zero attached hydrogens (tertiary/aromatic N) is 2. The Hall–Kier alpha value is -5.78. The van der Waals surface area contributed by atoms with Gasteiger partial charge in [0.1, 0.15) is 12.1 Å². The number of hydrogen-bond donors (Lipinski definition) is 1. The molecule has 0 fully saturated rings. The summed E-state index contributed by atoms with van der Waals surface area (Å²) in [6.07, 6.45) is 4.56. The van der Waals surface area contributed by atoms with E-state index in [9.17, 15) is 14.7 Å². The summed E-state index contributed by atoms with van der Waals surface area (Å²) in [7, 11) is 18.9. The minimum Gasteiger partial charge on any atom is -1.00 e. The quantitative estimate of drug-likeness (QED) is 0.0489. The number of carbonyl (C=O) groups is 2. The predicted molar refractivity (Wildman–Crippen MR) is 263 cm³/mol. The Morgan fingerprint density at radius 2 is 1.06 bits per heavy atom. The second-order valence-corrected chi connectivity index (χ2v) is 18.2. The molecule has 2 aliphatic rings. The van der Waals surface area contributed by atoms with E-state index in [0.29, 0.717) is 98.6 Å². The first kappa shape index (κ1) is 58.8. The molecule has 0 aliphatic carbocycles. The summed E-state index contributed by atoms with van der Waals surface area (Å²) in [5, 5.41) is 10.2. The molecule has 18 heteroatoms. The van der Waals surface area contributed by atoms with Gasteiger partial charge < -0.3 is 91.0 Å². The Morgan fingerprint density at radius 1 is 0.583 bits per heavy atom. The summed E-state index contributed by atoms with van der Waals surface area (Å²) in [6, 6.07) is 15.9. The van der Waals surface area contributed by atoms with E-state index in [-0.39, 0.29) is 62.3 Å². The van der Waals surface area contributed by atoms with E-state index in [1.165, 1.54) is 11.6 Å². The smallest absolute Gasteiger partial charge is 0.333 e. The van der Waals surface area contributed by atoms with Gasteiger partial charge >= 0.3 is 11.9 Å². The Kier molecular flexibility index (Phi) is 21.4. The SMILES string of the molecule is COc1cc2c(cc1OC)[C@H](c1cc(OC)c(OC)c(OC)c1)[N@@+](C)(CCCOC(=O)/C=C(\C)C(=O)OCCC[N@@+]1(C)CCc3cc(OC)c(OC)cc3[C@@H]1Cc1cc(CO)c(OC)c(OC)c1)CC2.[Cl-].[Cl-]. The fourth-order valence-corrected chi connectivity index (χ4v) is 10.4. The van der Waals surface area contributed by atoms with E-state index in [1.807, 2.05) is 36.4 Å². The number of quaternary nitrogens is 2. The minimum absolute atomic E-state index is 0. The molecule has 4 aromatic carbocycles. The van der Waals surface area contributed by atoms with Crippen LogP contribution in [-0.4, -0.2) is 143 Å². The second kappa shape index (κ2) is 26.3. The van der Waals surface area contributed by atoms with E-state index in [1.54, 1.807) is 70.9 Å². The maximum atomic E-state index is 13.2. The third-order valence-electron chi connectivity index (χ3n) is 14.1. The number of aliphatic hydroxyl groups excluding tert-OH is 1. The van der Waals surface area contributed by atoms with Gasteiger partial charge in [0, 0.05) is 66.0 Å². The van der Waals surface area contributed by atoms with Crippen LogP contribution < -0.4 is 67.4 Å². The number of hydrogen-bond acceptors (Lipinski definition) is 14. The highest BCUT2D eigenvalue weighted by Crippen LogP contribution is 2.49. The van der Waals surface area contributed by atoms with E-state index in [2.05, 4.69) is 26.2 Å². The molecule has 6 rings (SSSR count). The number of halogens is 2. The highest BCUT2D eigenvalue weighted by molar-refractivity contribution is 5.95. The van der Waals surface area contributed by atoms with Crippen LogP contribution >= 0.6 is 0 Å². The van der Waals surface area contributed by atoms with Gasteiger partial charge in [-0.25, -0.2) is 9.59 Å². The molecule has 0 amide bonds. The average molecular weight is 1040 g/mol. The fraction of sp³-hybridized carbons (Fsp3) is 0.481. The number of esters is 2. The molecule has 0 spiro atoms. The molecule has 0 saturated heterocycles. The zero-order chi connectivity index (χ0) is 50.8. The summed E-state index contributed by atoms with van der Waals surface area (Å²) in [5.74, 6) is 4.07. The van der Waals surface area contributed by atoms with Crippen LogP contribution in [-0.2, 0) is 44.9 Å². The molecule has 2 aliphatic heterocycles. The van der Waals surface area contributed by atoms with Gasteiger partial charge in [0.15, 0.2) is 46.0 Å². The molecule has 72 heavy (non-hydrogen) atoms. The van der Waals surface area contributed by atoms with Gasteiger partial charge in [-0.3, -0.25) is 0 Å². The molecule has 4 atom stereocenters. The zero-order valence-electron chi connectivity index (χ0n) is 43.7. The normalized spacial score (nSPS) is 18.9. The molecule has 16 nitrogen and oxygen atoms in total. The van der Waals surface area contributed by atoms with Crippen molar-refractivity contribution in [1.29, 1.82) is 0 Å². The summed E-state index contributed by atoms with van der Waals surface area (Å²) < 4.78 is 63.9. The molecule has 4 aromatic rings. The Bertz CT molecular complexity index is 2490. The standard InChI is InChI=1S/C54H72N2O14.2ClH/c1-34(23-50(58)69-21-14-18-56(3)20-16-37-28-44(61-5)46(63-7)32-41(37)51(56)38-29-48(65-9)53(68-12)49(30-38)66-10)54(59)70-22-13-17-55(2)19-15-36-27-43(60-4)45(62-6)31-40(36)42(55)25-35-24-39(33-57)52(67-11)47(26-35)64-8;;/h23-24,26-32,42,51,57H,13-22,25,33H2,1-12H3;2*1H/q+2;;/p-2/b34-23+;;/t42-,51-,55-,56-;;/m0../s1. The molecule has 0 saturated carbocycles. The van der Waals surface area contributed by atoms with Crippen molar-refractivity contribution in [3.63, 3.8) is 0 Å². The number of carbonyl (C=O) groups excluding carboxylic acids is 2. The molecular formula is C54H72Cl2N2O14. The Morgan fingerprint density at radius 3 is 1.58 bits per heavy atom. The molecule has 0 radical (unpaired) electrons. The maximum Gasteiger partial charge on any atom is 0.333 e. The zero-order valence-corrected chi connectivity index (χ0v) is 45.3. The van der Waals surface area contributed by atoms with Crippen LogP contribution in [0.4, 0.5) is 0 Å². The van der Waals surface area contributed by atoms with Crippen molar-refractivity contribution in [1.82, 2.24) is 0 Å². The molecule has 0 bridgehead atoms. The molecule has 396 valence electrons. The van der Waals surface area contributed by atoms with Gasteiger partial charge in [0.05, 0.1) is 124 Å². The van der Waals surface area contributed by atoms with Crippen molar-refractivity contribution in [3.05, 3.63) is 99.1 Å². The highest BCUT2D eigenvalue weighted by Gasteiger charge is 2.43. The van der Waals surface area contributed by atoms with Crippen molar-refractivity contribution in [2.45, 2.75) is 57.7 Å². The highest BCUT2D eigenvalue weighted by atomic mass is 35.5. The summed E-state index contributed by atoms with van der Waals surface area (Å²) >= 11 is 0. The lowest BCUT2D eigenvalue weighted by atomic mass is 9.85. The second-order valence-electron chi connectivity index (χ2n) is 18.2. The number of methoxy groups -OCH3 is 9. The van der Waals surface area contributed by atoms with Crippen LogP contribution in [0.1, 0.15) is 70.8 Å². The molecule has 1 N–H and O–H groups in total. The lowest BCUT2D eigenvalue weighted by Crippen LogP contribution is -3.00. The number of benzene rings is 4. The van der Waals surface area contributed by atoms with E-state index < -0.39 is 11.9 Å². The van der Waals surface area contributed by atoms with Crippen LogP contribution in [0.2, 0.25) is 0 Å². The number of rotatable bonds is 23. The summed E-state index contributed by atoms with van der Waals surface area (Å²) in [5.41, 5.74) is 7.28. The minimum atomic E-state index is -0.612. The van der Waals surface area contributed by atoms with Gasteiger partial charge in [0.25, 0.3) is 0 Å². The van der Waals surface area contributed by atoms with E-state index in [4.69, 9.17) is 52.1 Å². The maximum absolute atomic E-state index is 13.2. The first-order chi connectivity index (χ1) is 33.7. The molecule has 2 heterocycles. The summed E-state index contributed by atoms with van der Waals surface area (Å²) in [6.45, 7) is 4.65. The van der Waals surface area contributed by atoms with Crippen molar-refractivity contribution in [2.75, 3.05) is 117 Å². The van der Waals surface area contributed by atoms with Crippen molar-refractivity contribution in [2.24, 2.45) is 0 Å². The summed E-state index contributed by atoms with van der Waals surface area (Å²) in [4.78, 5) is 26.3. The lowest BCUT2D eigenvalue weighted by Gasteiger charge is -2.46. The van der Waals surface area contributed by atoms with Crippen LogP contribution in [0.15, 0.2) is 60.2 Å². The third kappa shape index (κ3) is 12.7. The predicted octanol–water partition coefficient (Wildman–Crippen LogP) is 1.16. The Balaban J connectivity index is 0.00000562. The molecule has 0 aromatic heterocycles. The van der Waals surface area contributed by atoms with E-state index >= 15 is 0 Å². The number of fused-ring (bicyclic) bond motifs is 2. The fourth-order valence-electron chi connectivity index (χ4n) is 10.4. The number of ether oxygens (including phenoxy) is 11. The van der Waals surface area contributed by atoms with Crippen molar-refractivity contribution in [3.8, 4) is 51.7 Å². The topological polar surface area (TPSA) is 156 Å². The van der Waals surface area contributed by atoms with Crippen molar-refractivity contribution < 1.29 is 101 Å². The number of likely N-dealkylation sites (N-methyl/N-ethyl adjacent to an activating group) is 2. The van der Waals surface area contributed by atoms with Gasteiger partial charge in [-0.2, -0.15) is 0 Å². The molecular weight excluding hydrogens is 971 g/mol. The van der Waals surface area contributed by atoms with Crippen LogP contribution in [0.3, 0.4) is 0 Å². The van der Waals surface area contributed by atoms with Gasteiger partial charge in [-0.1, -0.05) is 0 Å². The van der Waals surface area contributed by atoms with E-state index in [0.717, 1.165) is 53.7 Å². The van der Waals surface area contributed by atoms with Crippen molar-refractivity contribution >= 4 is 11.9 Å². The third-order valence-corrected chi connectivity index (χ3v) is 14.1. The largest absolute Gasteiger partial charge is 1.00 e. The van der Waals surface area contributed by atoms with Gasteiger partial charge in [-0.15, -0.1) is 0 Å². The van der Waals surface area contributed by atoms with Crippen LogP contribution in [0.25, 0.3) is 0 Å². The first-order valence-corrected chi connectivity index (χ1v) is 23.5. The first-order valence-electron chi connectivity index (χ1n) is 23.5. The lowest BCUT2D eigenvalue weighted by molar-refractivity contribution is -0.941. The number of aliphatic hydroxyl groups is 1. The van der Waals surface area contributed by atoms with Gasteiger partial charge in [0.2, 0.25) is 5.75 Å². The van der Waals surface area contributed by atoms with Gasteiger partial charge in [-0.05, 0) is 72.1 Å². The monoisotopic (exact) mass is 1040 g/mol. The molecule has 0 unspecified atom stereocenters. The average Bonchev–Trinajstić information content (AvgIpc) is 3.37. The van der Waals surface area contributed by atoms with Crippen LogP contribution in [0, 0.1) is 0 Å². The van der Waals surface area contributed by atoms with Crippen LogP contribution in [0.5, 0.6) is 51.7 Å².